The van der Waals surface area contributed by atoms with Crippen LogP contribution in [0.5, 0.6) is 5.75 Å². The zero-order chi connectivity index (χ0) is 15.5. The van der Waals surface area contributed by atoms with E-state index in [9.17, 15) is 4.79 Å². The average molecular weight is 299 g/mol. The molecule has 5 heteroatoms. The van der Waals surface area contributed by atoms with Gasteiger partial charge < -0.3 is 14.2 Å². The number of imidazole rings is 1. The monoisotopic (exact) mass is 299 g/mol. The van der Waals surface area contributed by atoms with E-state index in [-0.39, 0.29) is 18.0 Å². The molecule has 2 atom stereocenters. The first-order valence-corrected chi connectivity index (χ1v) is 7.62. The maximum Gasteiger partial charge on any atom is 0.245 e. The van der Waals surface area contributed by atoms with E-state index in [0.29, 0.717) is 0 Å². The molecule has 0 radical (unpaired) electrons. The van der Waals surface area contributed by atoms with Crippen molar-refractivity contribution in [3.63, 3.8) is 0 Å². The minimum atomic E-state index is -0.221. The zero-order valence-electron chi connectivity index (χ0n) is 13.0. The number of nitrogens with zero attached hydrogens (tertiary/aromatic N) is 3. The van der Waals surface area contributed by atoms with Gasteiger partial charge in [0, 0.05) is 18.9 Å². The number of aromatic nitrogens is 2. The van der Waals surface area contributed by atoms with Gasteiger partial charge in [-0.15, -0.1) is 0 Å². The highest BCUT2D eigenvalue weighted by Gasteiger charge is 2.32. The van der Waals surface area contributed by atoms with Gasteiger partial charge in [-0.2, -0.15) is 0 Å². The van der Waals surface area contributed by atoms with Crippen LogP contribution in [0.4, 0.5) is 0 Å². The van der Waals surface area contributed by atoms with Gasteiger partial charge in [0.1, 0.15) is 11.8 Å². The molecule has 3 rings (SSSR count). The van der Waals surface area contributed by atoms with E-state index < -0.39 is 0 Å². The molecular weight excluding hydrogens is 278 g/mol. The summed E-state index contributed by atoms with van der Waals surface area (Å²) in [6, 6.07) is 7.95. The molecule has 0 aliphatic carbocycles. The summed E-state index contributed by atoms with van der Waals surface area (Å²) in [5, 5.41) is 0. The second-order valence-corrected chi connectivity index (χ2v) is 5.65. The average Bonchev–Trinajstić information content (AvgIpc) is 3.24. The Morgan fingerprint density at radius 3 is 2.77 bits per heavy atom. The first-order valence-electron chi connectivity index (χ1n) is 7.62. The second-order valence-electron chi connectivity index (χ2n) is 5.65. The van der Waals surface area contributed by atoms with Crippen LogP contribution in [0.1, 0.15) is 37.4 Å². The molecule has 1 saturated heterocycles. The maximum atomic E-state index is 12.8. The van der Waals surface area contributed by atoms with E-state index in [1.165, 1.54) is 5.56 Å². The SMILES string of the molecule is COc1ccc([C@@H]2CCCN2C(=O)[C@H](C)n2ccnc2)cc1. The van der Waals surface area contributed by atoms with Crippen molar-refractivity contribution >= 4 is 5.91 Å². The van der Waals surface area contributed by atoms with Gasteiger partial charge in [-0.25, -0.2) is 4.98 Å². The van der Waals surface area contributed by atoms with Crippen LogP contribution in [-0.2, 0) is 4.79 Å². The van der Waals surface area contributed by atoms with E-state index in [4.69, 9.17) is 4.74 Å². The molecule has 1 aliphatic rings. The van der Waals surface area contributed by atoms with Crippen LogP contribution in [-0.4, -0.2) is 34.0 Å². The van der Waals surface area contributed by atoms with Crippen molar-refractivity contribution in [2.75, 3.05) is 13.7 Å². The predicted octanol–water partition coefficient (Wildman–Crippen LogP) is 2.82. The van der Waals surface area contributed by atoms with E-state index in [1.807, 2.05) is 34.7 Å². The summed E-state index contributed by atoms with van der Waals surface area (Å²) < 4.78 is 7.06. The van der Waals surface area contributed by atoms with Gasteiger partial charge in [-0.3, -0.25) is 4.79 Å². The summed E-state index contributed by atoms with van der Waals surface area (Å²) >= 11 is 0. The lowest BCUT2D eigenvalue weighted by atomic mass is 10.0. The van der Waals surface area contributed by atoms with Gasteiger partial charge in [0.25, 0.3) is 0 Å². The summed E-state index contributed by atoms with van der Waals surface area (Å²) in [6.07, 6.45) is 7.28. The van der Waals surface area contributed by atoms with Crippen molar-refractivity contribution < 1.29 is 9.53 Å². The van der Waals surface area contributed by atoms with Crippen LogP contribution >= 0.6 is 0 Å². The van der Waals surface area contributed by atoms with Crippen LogP contribution in [0.3, 0.4) is 0 Å². The quantitative estimate of drug-likeness (QED) is 0.872. The van der Waals surface area contributed by atoms with Gasteiger partial charge in [-0.1, -0.05) is 12.1 Å². The number of hydrogen-bond acceptors (Lipinski definition) is 3. The Kier molecular flexibility index (Phi) is 4.13. The maximum absolute atomic E-state index is 12.8. The number of benzene rings is 1. The first-order chi connectivity index (χ1) is 10.7. The lowest BCUT2D eigenvalue weighted by Crippen LogP contribution is -2.35. The second kappa shape index (κ2) is 6.22. The van der Waals surface area contributed by atoms with E-state index in [0.717, 1.165) is 25.1 Å². The largest absolute Gasteiger partial charge is 0.497 e. The van der Waals surface area contributed by atoms with Crippen molar-refractivity contribution in [1.82, 2.24) is 14.5 Å². The molecule has 1 aliphatic heterocycles. The van der Waals surface area contributed by atoms with E-state index in [2.05, 4.69) is 17.1 Å². The van der Waals surface area contributed by atoms with Crippen LogP contribution < -0.4 is 4.74 Å². The van der Waals surface area contributed by atoms with Gasteiger partial charge in [0.2, 0.25) is 5.91 Å². The third-order valence-electron chi connectivity index (χ3n) is 4.37. The topological polar surface area (TPSA) is 47.4 Å². The normalized spacial score (nSPS) is 19.2. The number of likely N-dealkylation sites (tertiary alicyclic amines) is 1. The molecule has 2 aromatic rings. The molecule has 0 bridgehead atoms. The fraction of sp³-hybridized carbons (Fsp3) is 0.412. The summed E-state index contributed by atoms with van der Waals surface area (Å²) in [4.78, 5) is 18.8. The van der Waals surface area contributed by atoms with E-state index >= 15 is 0 Å². The van der Waals surface area contributed by atoms with Crippen LogP contribution in [0.25, 0.3) is 0 Å². The molecule has 0 unspecified atom stereocenters. The fourth-order valence-corrected chi connectivity index (χ4v) is 3.07. The number of methoxy groups -OCH3 is 1. The summed E-state index contributed by atoms with van der Waals surface area (Å²) in [7, 11) is 1.66. The van der Waals surface area contributed by atoms with Gasteiger partial charge >= 0.3 is 0 Å². The molecule has 0 saturated carbocycles. The molecule has 1 aromatic heterocycles. The Balaban J connectivity index is 1.78. The molecular formula is C17H21N3O2. The van der Waals surface area contributed by atoms with Crippen LogP contribution in [0.15, 0.2) is 43.0 Å². The van der Waals surface area contributed by atoms with Gasteiger partial charge in [-0.05, 0) is 37.5 Å². The van der Waals surface area contributed by atoms with Crippen molar-refractivity contribution in [2.45, 2.75) is 31.8 Å². The third-order valence-corrected chi connectivity index (χ3v) is 4.37. The minimum absolute atomic E-state index is 0.149. The number of rotatable bonds is 4. The highest BCUT2D eigenvalue weighted by Crippen LogP contribution is 2.34. The Labute approximate surface area is 130 Å². The molecule has 2 heterocycles. The Bertz CT molecular complexity index is 622. The predicted molar refractivity (Wildman–Crippen MR) is 83.6 cm³/mol. The highest BCUT2D eigenvalue weighted by atomic mass is 16.5. The number of carbonyl (C=O) groups excluding carboxylic acids is 1. The van der Waals surface area contributed by atoms with Crippen molar-refractivity contribution in [2.24, 2.45) is 0 Å². The molecule has 5 nitrogen and oxygen atoms in total. The van der Waals surface area contributed by atoms with Crippen molar-refractivity contribution in [3.05, 3.63) is 48.5 Å². The zero-order valence-corrected chi connectivity index (χ0v) is 13.0. The van der Waals surface area contributed by atoms with Crippen LogP contribution in [0, 0.1) is 0 Å². The Hall–Kier alpha value is -2.30. The number of hydrogen-bond donors (Lipinski definition) is 0. The molecule has 22 heavy (non-hydrogen) atoms. The molecule has 1 fully saturated rings. The molecule has 1 aromatic carbocycles. The molecule has 0 N–H and O–H groups in total. The Morgan fingerprint density at radius 1 is 1.36 bits per heavy atom. The van der Waals surface area contributed by atoms with Crippen molar-refractivity contribution in [3.8, 4) is 5.75 Å². The highest BCUT2D eigenvalue weighted by molar-refractivity contribution is 5.80. The minimum Gasteiger partial charge on any atom is -0.497 e. The van der Waals surface area contributed by atoms with Gasteiger partial charge in [0.15, 0.2) is 0 Å². The van der Waals surface area contributed by atoms with Crippen LogP contribution in [0.2, 0.25) is 0 Å². The van der Waals surface area contributed by atoms with Gasteiger partial charge in [0.05, 0.1) is 19.5 Å². The lowest BCUT2D eigenvalue weighted by Gasteiger charge is -2.28. The number of ether oxygens (including phenoxy) is 1. The summed E-state index contributed by atoms with van der Waals surface area (Å²) in [6.45, 7) is 2.74. The lowest BCUT2D eigenvalue weighted by molar-refractivity contribution is -0.135. The fourth-order valence-electron chi connectivity index (χ4n) is 3.07. The molecule has 0 spiro atoms. The molecule has 1 amide bonds. The number of amides is 1. The smallest absolute Gasteiger partial charge is 0.245 e. The van der Waals surface area contributed by atoms with Crippen molar-refractivity contribution in [1.29, 1.82) is 0 Å². The van der Waals surface area contributed by atoms with E-state index in [1.54, 1.807) is 19.6 Å². The number of carbonyl (C=O) groups is 1. The molecule has 116 valence electrons. The standard InChI is InChI=1S/C17H21N3O2/c1-13(19-11-9-18-12-19)17(21)20-10-3-4-16(20)14-5-7-15(22-2)8-6-14/h5-9,11-13,16H,3-4,10H2,1-2H3/t13-,16-/m0/s1. The third kappa shape index (κ3) is 2.71. The first kappa shape index (κ1) is 14.6. The Morgan fingerprint density at radius 2 is 2.14 bits per heavy atom. The summed E-state index contributed by atoms with van der Waals surface area (Å²) in [5.74, 6) is 0.989. The summed E-state index contributed by atoms with van der Waals surface area (Å²) in [5.41, 5.74) is 1.17.